The Kier molecular flexibility index (Phi) is 2.21. The molecule has 1 aromatic heterocycles. The van der Waals surface area contributed by atoms with E-state index in [9.17, 15) is 0 Å². The molecule has 0 aliphatic heterocycles. The molecule has 0 bridgehead atoms. The number of nitriles is 1. The molecule has 14 heavy (non-hydrogen) atoms. The van der Waals surface area contributed by atoms with E-state index in [0.717, 1.165) is 5.56 Å². The third-order valence-electron chi connectivity index (χ3n) is 1.75. The van der Waals surface area contributed by atoms with Crippen LogP contribution >= 0.6 is 11.6 Å². The molecule has 1 heterocycles. The summed E-state index contributed by atoms with van der Waals surface area (Å²) in [7, 11) is 0. The highest BCUT2D eigenvalue weighted by molar-refractivity contribution is 6.30. The van der Waals surface area contributed by atoms with Gasteiger partial charge in [-0.3, -0.25) is 0 Å². The van der Waals surface area contributed by atoms with Gasteiger partial charge in [0, 0.05) is 16.7 Å². The average Bonchev–Trinajstić information content (AvgIpc) is 2.67. The number of benzene rings is 1. The monoisotopic (exact) mass is 204 g/mol. The van der Waals surface area contributed by atoms with Gasteiger partial charge < -0.3 is 4.52 Å². The van der Waals surface area contributed by atoms with E-state index >= 15 is 0 Å². The normalized spacial score (nSPS) is 9.71. The van der Waals surface area contributed by atoms with Crippen molar-refractivity contribution in [3.8, 4) is 17.4 Å². The van der Waals surface area contributed by atoms with Crippen molar-refractivity contribution in [1.82, 2.24) is 5.16 Å². The summed E-state index contributed by atoms with van der Waals surface area (Å²) in [6, 6.07) is 10.6. The van der Waals surface area contributed by atoms with Gasteiger partial charge in [-0.15, -0.1) is 0 Å². The van der Waals surface area contributed by atoms with Crippen molar-refractivity contribution in [3.63, 3.8) is 0 Å². The molecule has 0 N–H and O–H groups in total. The van der Waals surface area contributed by atoms with Crippen LogP contribution < -0.4 is 0 Å². The fourth-order valence-electron chi connectivity index (χ4n) is 1.08. The lowest BCUT2D eigenvalue weighted by molar-refractivity contribution is 0.430. The Morgan fingerprint density at radius 2 is 2.00 bits per heavy atom. The lowest BCUT2D eigenvalue weighted by Crippen LogP contribution is -1.71. The van der Waals surface area contributed by atoms with Gasteiger partial charge in [0.25, 0.3) is 0 Å². The summed E-state index contributed by atoms with van der Waals surface area (Å²) in [5.41, 5.74) is 1.12. The number of rotatable bonds is 1. The molecule has 0 saturated heterocycles. The highest BCUT2D eigenvalue weighted by Gasteiger charge is 2.05. The molecule has 2 aromatic rings. The Morgan fingerprint density at radius 3 is 2.57 bits per heavy atom. The maximum absolute atomic E-state index is 8.55. The topological polar surface area (TPSA) is 49.8 Å². The molecule has 3 nitrogen and oxygen atoms in total. The molecule has 2 rings (SSSR count). The van der Waals surface area contributed by atoms with E-state index in [1.54, 1.807) is 18.2 Å². The van der Waals surface area contributed by atoms with Crippen molar-refractivity contribution in [3.05, 3.63) is 41.0 Å². The van der Waals surface area contributed by atoms with Crippen LogP contribution in [0.4, 0.5) is 0 Å². The van der Waals surface area contributed by atoms with Crippen LogP contribution in [0.25, 0.3) is 11.3 Å². The van der Waals surface area contributed by atoms with E-state index in [0.29, 0.717) is 10.8 Å². The zero-order chi connectivity index (χ0) is 9.97. The van der Waals surface area contributed by atoms with Gasteiger partial charge in [-0.2, -0.15) is 5.26 Å². The predicted molar refractivity (Wildman–Crippen MR) is 51.7 cm³/mol. The minimum absolute atomic E-state index is 0.273. The smallest absolute Gasteiger partial charge is 0.184 e. The lowest BCUT2D eigenvalue weighted by Gasteiger charge is -1.93. The van der Waals surface area contributed by atoms with E-state index < -0.39 is 0 Å². The van der Waals surface area contributed by atoms with E-state index in [1.165, 1.54) is 0 Å². The highest BCUT2D eigenvalue weighted by atomic mass is 35.5. The summed E-state index contributed by atoms with van der Waals surface area (Å²) < 4.78 is 4.97. The van der Waals surface area contributed by atoms with Gasteiger partial charge in [-0.25, -0.2) is 0 Å². The molecule has 0 atom stereocenters. The van der Waals surface area contributed by atoms with Crippen molar-refractivity contribution in [2.45, 2.75) is 0 Å². The minimum atomic E-state index is 0.273. The fraction of sp³-hybridized carbons (Fsp3) is 0. The molecule has 68 valence electrons. The summed E-state index contributed by atoms with van der Waals surface area (Å²) in [6.07, 6.45) is 0. The van der Waals surface area contributed by atoms with Crippen LogP contribution in [0.5, 0.6) is 0 Å². The van der Waals surface area contributed by atoms with Crippen molar-refractivity contribution >= 4 is 11.6 Å². The summed E-state index contributed by atoms with van der Waals surface area (Å²) in [5, 5.41) is 12.8. The Labute approximate surface area is 85.5 Å². The van der Waals surface area contributed by atoms with E-state index in [2.05, 4.69) is 5.16 Å². The Morgan fingerprint density at radius 1 is 1.29 bits per heavy atom. The molecule has 1 aromatic carbocycles. The number of aromatic nitrogens is 1. The highest BCUT2D eigenvalue weighted by Crippen LogP contribution is 2.21. The molecule has 0 aliphatic carbocycles. The van der Waals surface area contributed by atoms with Gasteiger partial charge in [0.15, 0.2) is 11.5 Å². The Balaban J connectivity index is 2.40. The van der Waals surface area contributed by atoms with Crippen LogP contribution in [0.3, 0.4) is 0 Å². The minimum Gasteiger partial charge on any atom is -0.355 e. The molecular weight excluding hydrogens is 200 g/mol. The molecule has 4 heteroatoms. The molecule has 0 amide bonds. The molecule has 0 saturated carbocycles. The molecular formula is C10H5ClN2O. The predicted octanol–water partition coefficient (Wildman–Crippen LogP) is 2.87. The zero-order valence-electron chi connectivity index (χ0n) is 7.07. The molecule has 0 radical (unpaired) electrons. The fourth-order valence-corrected chi connectivity index (χ4v) is 1.20. The molecule has 0 unspecified atom stereocenters. The van der Waals surface area contributed by atoms with Gasteiger partial charge in [0.05, 0.1) is 0 Å². The maximum atomic E-state index is 8.55. The van der Waals surface area contributed by atoms with Crippen LogP contribution in [-0.2, 0) is 0 Å². The van der Waals surface area contributed by atoms with Crippen molar-refractivity contribution in [1.29, 1.82) is 5.26 Å². The molecule has 0 aliphatic rings. The van der Waals surface area contributed by atoms with Gasteiger partial charge in [0.1, 0.15) is 6.07 Å². The molecule has 0 fully saturated rings. The molecule has 0 spiro atoms. The van der Waals surface area contributed by atoms with Crippen LogP contribution in [0.1, 0.15) is 5.69 Å². The van der Waals surface area contributed by atoms with Crippen LogP contribution in [0.15, 0.2) is 34.9 Å². The second-order valence-electron chi connectivity index (χ2n) is 2.70. The summed E-state index contributed by atoms with van der Waals surface area (Å²) in [4.78, 5) is 0. The third-order valence-corrected chi connectivity index (χ3v) is 2.01. The first-order chi connectivity index (χ1) is 6.79. The quantitative estimate of drug-likeness (QED) is 0.718. The van der Waals surface area contributed by atoms with Crippen LogP contribution in [0, 0.1) is 11.3 Å². The van der Waals surface area contributed by atoms with Gasteiger partial charge in [0.2, 0.25) is 0 Å². The average molecular weight is 205 g/mol. The van der Waals surface area contributed by atoms with Crippen LogP contribution in [-0.4, -0.2) is 5.16 Å². The van der Waals surface area contributed by atoms with Crippen molar-refractivity contribution in [2.75, 3.05) is 0 Å². The van der Waals surface area contributed by atoms with Crippen molar-refractivity contribution in [2.24, 2.45) is 0 Å². The second-order valence-corrected chi connectivity index (χ2v) is 3.13. The van der Waals surface area contributed by atoms with Crippen molar-refractivity contribution < 1.29 is 4.52 Å². The van der Waals surface area contributed by atoms with E-state index in [-0.39, 0.29) is 5.69 Å². The summed E-state index contributed by atoms with van der Waals surface area (Å²) in [5.74, 6) is 0.568. The first kappa shape index (κ1) is 8.79. The number of nitrogens with zero attached hydrogens (tertiary/aromatic N) is 2. The maximum Gasteiger partial charge on any atom is 0.184 e. The lowest BCUT2D eigenvalue weighted by atomic mass is 10.2. The number of hydrogen-bond acceptors (Lipinski definition) is 3. The second kappa shape index (κ2) is 3.52. The summed E-state index contributed by atoms with van der Waals surface area (Å²) in [6.45, 7) is 0. The summed E-state index contributed by atoms with van der Waals surface area (Å²) >= 11 is 5.73. The first-order valence-corrected chi connectivity index (χ1v) is 4.30. The largest absolute Gasteiger partial charge is 0.355 e. The van der Waals surface area contributed by atoms with Crippen LogP contribution in [0.2, 0.25) is 5.02 Å². The van der Waals surface area contributed by atoms with E-state index in [1.807, 2.05) is 18.2 Å². The van der Waals surface area contributed by atoms with Gasteiger partial charge in [-0.05, 0) is 24.3 Å². The van der Waals surface area contributed by atoms with Gasteiger partial charge >= 0.3 is 0 Å². The Hall–Kier alpha value is -1.79. The number of halogens is 1. The Bertz CT molecular complexity index is 482. The van der Waals surface area contributed by atoms with E-state index in [4.69, 9.17) is 21.4 Å². The zero-order valence-corrected chi connectivity index (χ0v) is 7.82. The standard InChI is InChI=1S/C10H5ClN2O/c11-8-3-1-7(2-4-8)10-5-9(6-12)13-14-10/h1-5H. The SMILES string of the molecule is N#Cc1cc(-c2ccc(Cl)cc2)on1. The van der Waals surface area contributed by atoms with Gasteiger partial charge in [-0.1, -0.05) is 16.8 Å². The third kappa shape index (κ3) is 1.61. The first-order valence-electron chi connectivity index (χ1n) is 3.92. The number of hydrogen-bond donors (Lipinski definition) is 0.